The van der Waals surface area contributed by atoms with Crippen molar-refractivity contribution in [1.29, 1.82) is 0 Å². The molecule has 4 rings (SSSR count). The number of rotatable bonds is 6. The van der Waals surface area contributed by atoms with Crippen LogP contribution in [0.15, 0.2) is 35.0 Å². The highest BCUT2D eigenvalue weighted by atomic mass is 16.6. The van der Waals surface area contributed by atoms with Crippen molar-refractivity contribution in [2.45, 2.75) is 26.2 Å². The fourth-order valence-corrected chi connectivity index (χ4v) is 3.53. The van der Waals surface area contributed by atoms with E-state index in [9.17, 15) is 10.1 Å². The number of benzene rings is 2. The third-order valence-corrected chi connectivity index (χ3v) is 4.82. The molecule has 1 saturated heterocycles. The second-order valence-corrected chi connectivity index (χ2v) is 6.64. The zero-order valence-electron chi connectivity index (χ0n) is 15.6. The lowest BCUT2D eigenvalue weighted by molar-refractivity contribution is -0.382. The van der Waals surface area contributed by atoms with E-state index in [1.165, 1.54) is 6.42 Å². The number of ether oxygens (including phenoxy) is 1. The maximum atomic E-state index is 11.8. The van der Waals surface area contributed by atoms with Gasteiger partial charge in [0, 0.05) is 18.8 Å². The summed E-state index contributed by atoms with van der Waals surface area (Å²) in [6, 6.07) is 9.05. The number of aromatic nitrogens is 2. The van der Waals surface area contributed by atoms with Crippen molar-refractivity contribution in [2.75, 3.05) is 29.9 Å². The molecule has 2 heterocycles. The Morgan fingerprint density at radius 2 is 1.89 bits per heavy atom. The Labute approximate surface area is 161 Å². The van der Waals surface area contributed by atoms with E-state index in [0.29, 0.717) is 23.5 Å². The molecule has 2 aromatic carbocycles. The average molecular weight is 383 g/mol. The Bertz CT molecular complexity index is 980. The highest BCUT2D eigenvalue weighted by Crippen LogP contribution is 2.40. The van der Waals surface area contributed by atoms with E-state index in [0.717, 1.165) is 37.4 Å². The number of nitro groups is 1. The molecule has 1 aliphatic heterocycles. The third kappa shape index (κ3) is 3.42. The van der Waals surface area contributed by atoms with Crippen molar-refractivity contribution < 1.29 is 14.3 Å². The van der Waals surface area contributed by atoms with Gasteiger partial charge in [-0.05, 0) is 66.8 Å². The summed E-state index contributed by atoms with van der Waals surface area (Å²) in [5.74, 6) is 0.743. The van der Waals surface area contributed by atoms with Gasteiger partial charge < -0.3 is 15.0 Å². The maximum Gasteiger partial charge on any atom is 0.324 e. The Hall–Kier alpha value is -3.36. The lowest BCUT2D eigenvalue weighted by atomic mass is 10.1. The molecule has 0 aliphatic carbocycles. The van der Waals surface area contributed by atoms with Crippen molar-refractivity contribution in [3.05, 3.63) is 40.4 Å². The molecule has 0 unspecified atom stereocenters. The molecule has 146 valence electrons. The molecule has 0 atom stereocenters. The van der Waals surface area contributed by atoms with E-state index in [-0.39, 0.29) is 11.2 Å². The second kappa shape index (κ2) is 7.71. The summed E-state index contributed by atoms with van der Waals surface area (Å²) in [4.78, 5) is 13.5. The van der Waals surface area contributed by atoms with Gasteiger partial charge in [-0.25, -0.2) is 4.63 Å². The molecular weight excluding hydrogens is 362 g/mol. The highest BCUT2D eigenvalue weighted by Gasteiger charge is 2.28. The van der Waals surface area contributed by atoms with E-state index >= 15 is 0 Å². The van der Waals surface area contributed by atoms with Gasteiger partial charge in [-0.1, -0.05) is 0 Å². The minimum absolute atomic E-state index is 0.147. The number of piperidine rings is 1. The summed E-state index contributed by atoms with van der Waals surface area (Å²) in [6.07, 6.45) is 3.33. The molecule has 9 nitrogen and oxygen atoms in total. The number of anilines is 3. The molecule has 0 saturated carbocycles. The summed E-state index contributed by atoms with van der Waals surface area (Å²) in [7, 11) is 0. The first-order chi connectivity index (χ1) is 13.7. The van der Waals surface area contributed by atoms with Crippen LogP contribution in [0.1, 0.15) is 26.2 Å². The smallest absolute Gasteiger partial charge is 0.324 e. The molecule has 0 amide bonds. The molecule has 3 aromatic rings. The molecule has 9 heteroatoms. The Balaban J connectivity index is 1.77. The number of hydrogen-bond acceptors (Lipinski definition) is 8. The zero-order valence-corrected chi connectivity index (χ0v) is 15.6. The molecule has 28 heavy (non-hydrogen) atoms. The van der Waals surface area contributed by atoms with Crippen molar-refractivity contribution in [3.63, 3.8) is 0 Å². The SMILES string of the molecule is CCOc1ccc(Nc2cc(N3CCCCC3)c3nonc3c2[N+](=O)[O-])cc1. The molecule has 0 spiro atoms. The molecular formula is C19H21N5O4. The Morgan fingerprint density at radius 3 is 2.57 bits per heavy atom. The van der Waals surface area contributed by atoms with Crippen LogP contribution >= 0.6 is 0 Å². The van der Waals surface area contributed by atoms with Crippen LogP contribution in [0.2, 0.25) is 0 Å². The molecule has 0 radical (unpaired) electrons. The quantitative estimate of drug-likeness (QED) is 0.497. The van der Waals surface area contributed by atoms with Crippen molar-refractivity contribution in [3.8, 4) is 5.75 Å². The molecule has 1 aromatic heterocycles. The first-order valence-electron chi connectivity index (χ1n) is 9.36. The molecule has 1 N–H and O–H groups in total. The van der Waals surface area contributed by atoms with Gasteiger partial charge >= 0.3 is 5.69 Å². The van der Waals surface area contributed by atoms with Crippen molar-refractivity contribution in [2.24, 2.45) is 0 Å². The summed E-state index contributed by atoms with van der Waals surface area (Å²) < 4.78 is 10.3. The van der Waals surface area contributed by atoms with E-state index in [2.05, 4.69) is 20.5 Å². The normalized spacial score (nSPS) is 14.2. The Kier molecular flexibility index (Phi) is 4.96. The van der Waals surface area contributed by atoms with Gasteiger partial charge in [-0.2, -0.15) is 0 Å². The average Bonchev–Trinajstić information content (AvgIpc) is 3.19. The standard InChI is InChI=1S/C19H21N5O4/c1-2-27-14-8-6-13(7-9-14)20-15-12-16(23-10-4-3-5-11-23)17-18(22-28-21-17)19(15)24(25)26/h6-9,12,20H,2-5,10-11H2,1H3. The summed E-state index contributed by atoms with van der Waals surface area (Å²) in [5, 5.41) is 22.7. The van der Waals surface area contributed by atoms with Crippen LogP contribution in [0, 0.1) is 10.1 Å². The van der Waals surface area contributed by atoms with E-state index in [1.807, 2.05) is 31.2 Å². The maximum absolute atomic E-state index is 11.8. The van der Waals surface area contributed by atoms with Crippen LogP contribution in [0.5, 0.6) is 5.75 Å². The highest BCUT2D eigenvalue weighted by molar-refractivity contribution is 6.00. The lowest BCUT2D eigenvalue weighted by Gasteiger charge is -2.29. The number of nitrogens with one attached hydrogen (secondary N) is 1. The number of nitrogens with zero attached hydrogens (tertiary/aromatic N) is 4. The fourth-order valence-electron chi connectivity index (χ4n) is 3.53. The molecule has 0 bridgehead atoms. The van der Waals surface area contributed by atoms with E-state index in [1.54, 1.807) is 6.07 Å². The van der Waals surface area contributed by atoms with Gasteiger partial charge in [0.2, 0.25) is 5.52 Å². The molecule has 1 aliphatic rings. The van der Waals surface area contributed by atoms with Crippen LogP contribution in [-0.4, -0.2) is 34.9 Å². The van der Waals surface area contributed by atoms with Crippen molar-refractivity contribution in [1.82, 2.24) is 10.3 Å². The fraction of sp³-hybridized carbons (Fsp3) is 0.368. The van der Waals surface area contributed by atoms with Gasteiger partial charge in [0.05, 0.1) is 17.2 Å². The van der Waals surface area contributed by atoms with Gasteiger partial charge in [-0.3, -0.25) is 10.1 Å². The van der Waals surface area contributed by atoms with Crippen LogP contribution in [0.3, 0.4) is 0 Å². The predicted molar refractivity (Wildman–Crippen MR) is 105 cm³/mol. The summed E-state index contributed by atoms with van der Waals surface area (Å²) >= 11 is 0. The van der Waals surface area contributed by atoms with Crippen LogP contribution in [-0.2, 0) is 0 Å². The number of fused-ring (bicyclic) bond motifs is 1. The Morgan fingerprint density at radius 1 is 1.18 bits per heavy atom. The van der Waals surface area contributed by atoms with Gasteiger partial charge in [0.15, 0.2) is 5.52 Å². The lowest BCUT2D eigenvalue weighted by Crippen LogP contribution is -2.29. The predicted octanol–water partition coefficient (Wildman–Crippen LogP) is 4.26. The zero-order chi connectivity index (χ0) is 19.5. The first kappa shape index (κ1) is 18.0. The molecule has 1 fully saturated rings. The van der Waals surface area contributed by atoms with Gasteiger partial charge in [-0.15, -0.1) is 0 Å². The number of hydrogen-bond donors (Lipinski definition) is 1. The van der Waals surface area contributed by atoms with Gasteiger partial charge in [0.25, 0.3) is 0 Å². The van der Waals surface area contributed by atoms with Gasteiger partial charge in [0.1, 0.15) is 11.4 Å². The van der Waals surface area contributed by atoms with Crippen LogP contribution < -0.4 is 15.0 Å². The summed E-state index contributed by atoms with van der Waals surface area (Å²) in [6.45, 7) is 4.25. The monoisotopic (exact) mass is 383 g/mol. The van der Waals surface area contributed by atoms with E-state index in [4.69, 9.17) is 9.37 Å². The first-order valence-corrected chi connectivity index (χ1v) is 9.36. The minimum Gasteiger partial charge on any atom is -0.494 e. The van der Waals surface area contributed by atoms with E-state index < -0.39 is 4.92 Å². The second-order valence-electron chi connectivity index (χ2n) is 6.64. The summed E-state index contributed by atoms with van der Waals surface area (Å²) in [5.41, 5.74) is 2.30. The van der Waals surface area contributed by atoms with Crippen LogP contribution in [0.25, 0.3) is 11.0 Å². The van der Waals surface area contributed by atoms with Crippen molar-refractivity contribution >= 4 is 33.8 Å². The topological polar surface area (TPSA) is 107 Å². The largest absolute Gasteiger partial charge is 0.494 e. The minimum atomic E-state index is -0.455. The number of nitro benzene ring substituents is 1. The van der Waals surface area contributed by atoms with Crippen LogP contribution in [0.4, 0.5) is 22.7 Å². The third-order valence-electron chi connectivity index (χ3n) is 4.82.